The van der Waals surface area contributed by atoms with Crippen molar-refractivity contribution in [3.8, 4) is 0 Å². The number of aromatic nitrogens is 3. The van der Waals surface area contributed by atoms with Crippen LogP contribution in [0.2, 0.25) is 10.0 Å². The monoisotopic (exact) mass is 333 g/mol. The molecule has 0 unspecified atom stereocenters. The van der Waals surface area contributed by atoms with Crippen molar-refractivity contribution in [3.63, 3.8) is 0 Å². The van der Waals surface area contributed by atoms with E-state index in [1.165, 1.54) is 10.9 Å². The van der Waals surface area contributed by atoms with Gasteiger partial charge in [-0.05, 0) is 28.1 Å². The Morgan fingerprint density at radius 3 is 2.71 bits per heavy atom. The molecule has 17 heavy (non-hydrogen) atoms. The zero-order valence-electron chi connectivity index (χ0n) is 8.40. The predicted octanol–water partition coefficient (Wildman–Crippen LogP) is 2.76. The molecule has 7 heteroatoms. The molecule has 2 aromatic heterocycles. The summed E-state index contributed by atoms with van der Waals surface area (Å²) in [6, 6.07) is 3.63. The Morgan fingerprint density at radius 1 is 1.29 bits per heavy atom. The summed E-state index contributed by atoms with van der Waals surface area (Å²) in [5.74, 6) is 0. The Hall–Kier alpha value is -0.910. The zero-order valence-corrected chi connectivity index (χ0v) is 11.5. The summed E-state index contributed by atoms with van der Waals surface area (Å²) in [6.07, 6.45) is 2.99. The number of halogens is 3. The molecule has 0 bridgehead atoms. The maximum atomic E-state index is 11.7. The zero-order chi connectivity index (χ0) is 12.4. The van der Waals surface area contributed by atoms with Crippen LogP contribution in [0.4, 0.5) is 0 Å². The van der Waals surface area contributed by atoms with Gasteiger partial charge in [0.25, 0.3) is 5.56 Å². The predicted molar refractivity (Wildman–Crippen MR) is 69.6 cm³/mol. The molecule has 0 aliphatic rings. The Morgan fingerprint density at radius 2 is 2.06 bits per heavy atom. The molecule has 0 aromatic carbocycles. The Balaban J connectivity index is 2.34. The third-order valence-corrected chi connectivity index (χ3v) is 3.26. The fourth-order valence-corrected chi connectivity index (χ4v) is 1.72. The number of hydrogen-bond acceptors (Lipinski definition) is 3. The van der Waals surface area contributed by atoms with E-state index in [4.69, 9.17) is 23.2 Å². The van der Waals surface area contributed by atoms with Crippen LogP contribution in [-0.4, -0.2) is 14.8 Å². The highest BCUT2D eigenvalue weighted by molar-refractivity contribution is 9.10. The first-order valence-corrected chi connectivity index (χ1v) is 6.14. The van der Waals surface area contributed by atoms with Crippen LogP contribution >= 0.6 is 39.1 Å². The first-order chi connectivity index (χ1) is 8.08. The molecular formula is C10H6BrCl2N3O. The topological polar surface area (TPSA) is 47.8 Å². The molecule has 0 saturated carbocycles. The molecule has 0 radical (unpaired) electrons. The van der Waals surface area contributed by atoms with E-state index in [0.717, 1.165) is 4.47 Å². The Kier molecular flexibility index (Phi) is 3.81. The van der Waals surface area contributed by atoms with E-state index in [1.54, 1.807) is 12.3 Å². The van der Waals surface area contributed by atoms with Gasteiger partial charge < -0.3 is 0 Å². The molecule has 0 spiro atoms. The second-order valence-corrected chi connectivity index (χ2v) is 4.94. The molecule has 0 aliphatic carbocycles. The number of nitrogens with zero attached hydrogens (tertiary/aromatic N) is 3. The summed E-state index contributed by atoms with van der Waals surface area (Å²) in [7, 11) is 0. The molecule has 0 N–H and O–H groups in total. The van der Waals surface area contributed by atoms with Crippen molar-refractivity contribution in [2.24, 2.45) is 0 Å². The summed E-state index contributed by atoms with van der Waals surface area (Å²) >= 11 is 14.7. The van der Waals surface area contributed by atoms with E-state index in [2.05, 4.69) is 26.0 Å². The van der Waals surface area contributed by atoms with Crippen LogP contribution in [0.3, 0.4) is 0 Å². The first-order valence-electron chi connectivity index (χ1n) is 4.59. The molecule has 0 atom stereocenters. The van der Waals surface area contributed by atoms with E-state index in [1.807, 2.05) is 6.07 Å². The van der Waals surface area contributed by atoms with Gasteiger partial charge >= 0.3 is 0 Å². The van der Waals surface area contributed by atoms with Crippen LogP contribution in [0.5, 0.6) is 0 Å². The number of rotatable bonds is 2. The van der Waals surface area contributed by atoms with Gasteiger partial charge in [0.15, 0.2) is 0 Å². The van der Waals surface area contributed by atoms with Gasteiger partial charge in [0.2, 0.25) is 0 Å². The summed E-state index contributed by atoms with van der Waals surface area (Å²) in [4.78, 5) is 15.9. The number of hydrogen-bond donors (Lipinski definition) is 0. The smallest absolute Gasteiger partial charge is 0.266 e. The molecule has 2 rings (SSSR count). The van der Waals surface area contributed by atoms with E-state index in [9.17, 15) is 4.79 Å². The fourth-order valence-electron chi connectivity index (χ4n) is 1.21. The third-order valence-electron chi connectivity index (χ3n) is 2.04. The van der Waals surface area contributed by atoms with Gasteiger partial charge in [0.1, 0.15) is 5.02 Å². The van der Waals surface area contributed by atoms with Crippen LogP contribution in [-0.2, 0) is 6.54 Å². The van der Waals surface area contributed by atoms with Crippen molar-refractivity contribution in [1.29, 1.82) is 0 Å². The van der Waals surface area contributed by atoms with Crippen molar-refractivity contribution in [2.45, 2.75) is 6.54 Å². The molecule has 0 amide bonds. The van der Waals surface area contributed by atoms with E-state index in [0.29, 0.717) is 5.69 Å². The van der Waals surface area contributed by atoms with Crippen LogP contribution in [0, 0.1) is 0 Å². The summed E-state index contributed by atoms with van der Waals surface area (Å²) in [5.41, 5.74) is 0.282. The third kappa shape index (κ3) is 2.86. The van der Waals surface area contributed by atoms with Gasteiger partial charge in [-0.2, -0.15) is 5.10 Å². The van der Waals surface area contributed by atoms with Crippen molar-refractivity contribution in [1.82, 2.24) is 14.8 Å². The van der Waals surface area contributed by atoms with Gasteiger partial charge in [-0.15, -0.1) is 0 Å². The molecule has 88 valence electrons. The summed E-state index contributed by atoms with van der Waals surface area (Å²) < 4.78 is 2.08. The van der Waals surface area contributed by atoms with Gasteiger partial charge in [-0.1, -0.05) is 23.2 Å². The molecule has 2 heterocycles. The van der Waals surface area contributed by atoms with Gasteiger partial charge in [0, 0.05) is 10.7 Å². The molecular weight excluding hydrogens is 329 g/mol. The van der Waals surface area contributed by atoms with Crippen LogP contribution in [0.25, 0.3) is 0 Å². The quantitative estimate of drug-likeness (QED) is 0.848. The van der Waals surface area contributed by atoms with Crippen LogP contribution in [0.15, 0.2) is 33.8 Å². The second kappa shape index (κ2) is 5.16. The first kappa shape index (κ1) is 12.5. The Bertz CT molecular complexity index is 597. The van der Waals surface area contributed by atoms with Crippen LogP contribution < -0.4 is 5.56 Å². The minimum absolute atomic E-state index is 0.0289. The minimum Gasteiger partial charge on any atom is -0.266 e. The average molecular weight is 335 g/mol. The van der Waals surface area contributed by atoms with Gasteiger partial charge in [0.05, 0.1) is 23.5 Å². The Labute approximate surface area is 115 Å². The minimum atomic E-state index is -0.427. The maximum Gasteiger partial charge on any atom is 0.287 e. The van der Waals surface area contributed by atoms with Crippen molar-refractivity contribution in [2.75, 3.05) is 0 Å². The van der Waals surface area contributed by atoms with Gasteiger partial charge in [-0.3, -0.25) is 9.78 Å². The fraction of sp³-hybridized carbons (Fsp3) is 0.100. The maximum absolute atomic E-state index is 11.7. The van der Waals surface area contributed by atoms with Crippen LogP contribution in [0.1, 0.15) is 5.69 Å². The van der Waals surface area contributed by atoms with E-state index >= 15 is 0 Å². The van der Waals surface area contributed by atoms with E-state index in [-0.39, 0.29) is 16.6 Å². The largest absolute Gasteiger partial charge is 0.287 e. The lowest BCUT2D eigenvalue weighted by Gasteiger charge is -2.04. The normalized spacial score (nSPS) is 10.5. The van der Waals surface area contributed by atoms with Crippen molar-refractivity contribution in [3.05, 3.63) is 55.1 Å². The van der Waals surface area contributed by atoms with Crippen molar-refractivity contribution < 1.29 is 0 Å². The molecule has 0 fully saturated rings. The molecule has 0 aliphatic heterocycles. The molecule has 4 nitrogen and oxygen atoms in total. The van der Waals surface area contributed by atoms with Crippen molar-refractivity contribution >= 4 is 39.1 Å². The SMILES string of the molecule is O=c1c(Cl)c(Cl)cnn1Cc1ccc(Br)cn1. The lowest BCUT2D eigenvalue weighted by atomic mass is 10.3. The number of pyridine rings is 1. The molecule has 0 saturated heterocycles. The summed E-state index contributed by atoms with van der Waals surface area (Å²) in [5, 5.41) is 4.01. The van der Waals surface area contributed by atoms with E-state index < -0.39 is 5.56 Å². The highest BCUT2D eigenvalue weighted by Crippen LogP contribution is 2.15. The van der Waals surface area contributed by atoms with Gasteiger partial charge in [-0.25, -0.2) is 4.68 Å². The lowest BCUT2D eigenvalue weighted by Crippen LogP contribution is -2.24. The lowest BCUT2D eigenvalue weighted by molar-refractivity contribution is 0.628. The summed E-state index contributed by atoms with van der Waals surface area (Å²) in [6.45, 7) is 0.253. The highest BCUT2D eigenvalue weighted by atomic mass is 79.9. The average Bonchev–Trinajstić information content (AvgIpc) is 2.33. The standard InChI is InChI=1S/C10H6BrCl2N3O/c11-6-1-2-7(14-3-6)5-16-10(17)9(13)8(12)4-15-16/h1-4H,5H2. The second-order valence-electron chi connectivity index (χ2n) is 3.24. The highest BCUT2D eigenvalue weighted by Gasteiger charge is 2.08. The molecule has 2 aromatic rings.